The Kier molecular flexibility index (Phi) is 15.2. The molecule has 15 heteroatoms. The molecule has 276 valence electrons. The van der Waals surface area contributed by atoms with Gasteiger partial charge in [0.05, 0.1) is 76.9 Å². The molecule has 1 aromatic carbocycles. The van der Waals surface area contributed by atoms with Crippen molar-refractivity contribution in [3.63, 3.8) is 0 Å². The maximum absolute atomic E-state index is 9.60. The van der Waals surface area contributed by atoms with Gasteiger partial charge in [-0.2, -0.15) is 5.26 Å². The Morgan fingerprint density at radius 2 is 1.75 bits per heavy atom. The zero-order chi connectivity index (χ0) is 35.7. The lowest BCUT2D eigenvalue weighted by atomic mass is 9.90. The minimum atomic E-state index is -0.259. The summed E-state index contributed by atoms with van der Waals surface area (Å²) in [6.07, 6.45) is 11.5. The van der Waals surface area contributed by atoms with Gasteiger partial charge in [-0.25, -0.2) is 9.97 Å². The zero-order valence-corrected chi connectivity index (χ0v) is 29.7. The van der Waals surface area contributed by atoms with Crippen molar-refractivity contribution in [2.75, 3.05) is 84.9 Å². The normalized spacial score (nSPS) is 18.8. The van der Waals surface area contributed by atoms with Crippen molar-refractivity contribution in [2.24, 2.45) is 10.7 Å². The molecule has 2 aliphatic rings. The molecule has 3 heterocycles. The standard InChI is InChI=1S/C36H51N9O6/c1-27(22-39-26-38)51-34-20-28(4-5-29(34)21-37)30-23-40-36(41-24-30)42-33-25-45(32-8-6-31(7-9-32)44-10-14-48-15-11-44)43-35(33)50-13-3-12-47-18-19-49-17-16-46-2/h4-5,20,23-27,31-32H,3,6-19,22H2,1-2H3,(H2,38,39)(H,40,41,42)/t27-,31?,32?/m0/s1. The average Bonchev–Trinajstić information content (AvgIpc) is 3.57. The number of benzene rings is 1. The van der Waals surface area contributed by atoms with E-state index in [4.69, 9.17) is 39.3 Å². The third-order valence-electron chi connectivity index (χ3n) is 8.91. The molecule has 51 heavy (non-hydrogen) atoms. The second-order valence-electron chi connectivity index (χ2n) is 12.5. The van der Waals surface area contributed by atoms with E-state index in [9.17, 15) is 5.26 Å². The summed E-state index contributed by atoms with van der Waals surface area (Å²) in [6.45, 7) is 9.08. The first-order valence-electron chi connectivity index (χ1n) is 17.8. The quantitative estimate of drug-likeness (QED) is 0.0982. The minimum Gasteiger partial charge on any atom is -0.487 e. The highest BCUT2D eigenvalue weighted by Gasteiger charge is 2.29. The first-order valence-corrected chi connectivity index (χ1v) is 17.8. The van der Waals surface area contributed by atoms with Crippen molar-refractivity contribution in [3.05, 3.63) is 42.4 Å². The molecule has 1 saturated carbocycles. The van der Waals surface area contributed by atoms with Crippen molar-refractivity contribution >= 4 is 18.0 Å². The molecule has 0 radical (unpaired) electrons. The second kappa shape index (κ2) is 20.5. The van der Waals surface area contributed by atoms with Crippen LogP contribution in [0.1, 0.15) is 50.6 Å². The number of aromatic nitrogens is 4. The van der Waals surface area contributed by atoms with E-state index in [1.165, 1.54) is 6.34 Å². The molecule has 1 atom stereocenters. The van der Waals surface area contributed by atoms with Crippen molar-refractivity contribution in [2.45, 2.75) is 57.2 Å². The van der Waals surface area contributed by atoms with Gasteiger partial charge in [0.1, 0.15) is 23.6 Å². The van der Waals surface area contributed by atoms with E-state index in [0.29, 0.717) is 87.5 Å². The number of methoxy groups -OCH3 is 1. The van der Waals surface area contributed by atoms with Crippen LogP contribution in [0.5, 0.6) is 11.6 Å². The van der Waals surface area contributed by atoms with E-state index >= 15 is 0 Å². The van der Waals surface area contributed by atoms with Gasteiger partial charge in [-0.15, -0.1) is 5.10 Å². The Bertz CT molecular complexity index is 1530. The fraction of sp³-hybridized carbons (Fsp3) is 0.583. The predicted molar refractivity (Wildman–Crippen MR) is 193 cm³/mol. The topological polar surface area (TPSA) is 176 Å². The Balaban J connectivity index is 1.22. The number of hydrogen-bond acceptors (Lipinski definition) is 13. The molecule has 1 aliphatic carbocycles. The maximum atomic E-state index is 9.60. The number of nitrogens with zero attached hydrogens (tertiary/aromatic N) is 7. The number of hydrogen-bond donors (Lipinski definition) is 2. The highest BCUT2D eigenvalue weighted by molar-refractivity contribution is 5.67. The number of rotatable bonds is 20. The molecule has 15 nitrogen and oxygen atoms in total. The number of ether oxygens (including phenoxy) is 6. The van der Waals surface area contributed by atoms with Crippen molar-refractivity contribution in [3.8, 4) is 28.8 Å². The molecule has 0 bridgehead atoms. The van der Waals surface area contributed by atoms with Crippen LogP contribution in [0.25, 0.3) is 11.1 Å². The summed E-state index contributed by atoms with van der Waals surface area (Å²) in [7, 11) is 1.65. The fourth-order valence-electron chi connectivity index (χ4n) is 6.20. The lowest BCUT2D eigenvalue weighted by Crippen LogP contribution is -2.45. The van der Waals surface area contributed by atoms with Crippen molar-refractivity contribution in [1.29, 1.82) is 5.26 Å². The zero-order valence-electron chi connectivity index (χ0n) is 29.7. The first kappa shape index (κ1) is 37.9. The van der Waals surface area contributed by atoms with Gasteiger partial charge < -0.3 is 39.5 Å². The summed E-state index contributed by atoms with van der Waals surface area (Å²) in [6, 6.07) is 8.45. The maximum Gasteiger partial charge on any atom is 0.256 e. The molecule has 3 aromatic rings. The summed E-state index contributed by atoms with van der Waals surface area (Å²) in [5.74, 6) is 1.38. The number of morpholine rings is 1. The van der Waals surface area contributed by atoms with Gasteiger partial charge in [0, 0.05) is 57.2 Å². The molecule has 0 amide bonds. The Morgan fingerprint density at radius 1 is 1.02 bits per heavy atom. The SMILES string of the molecule is COCCOCCOCCCOc1nn(C2CCC(N3CCOCC3)CC2)cc1Nc1ncc(-c2ccc(C#N)c(O[C@@H](C)CN=CN)c2)cn1. The predicted octanol–water partition coefficient (Wildman–Crippen LogP) is 3.97. The molecule has 2 aromatic heterocycles. The van der Waals surface area contributed by atoms with Gasteiger partial charge in [-0.3, -0.25) is 14.6 Å². The van der Waals surface area contributed by atoms with E-state index < -0.39 is 0 Å². The van der Waals surface area contributed by atoms with Gasteiger partial charge in [-0.1, -0.05) is 6.07 Å². The summed E-state index contributed by atoms with van der Waals surface area (Å²) in [5, 5.41) is 17.8. The van der Waals surface area contributed by atoms with Crippen molar-refractivity contribution in [1.82, 2.24) is 24.6 Å². The lowest BCUT2D eigenvalue weighted by Gasteiger charge is -2.38. The molecule has 0 unspecified atom stereocenters. The summed E-state index contributed by atoms with van der Waals surface area (Å²) in [5.41, 5.74) is 8.09. The van der Waals surface area contributed by atoms with Crippen LogP contribution in [0.15, 0.2) is 41.8 Å². The molecule has 1 aliphatic heterocycles. The van der Waals surface area contributed by atoms with E-state index in [1.807, 2.05) is 29.9 Å². The van der Waals surface area contributed by atoms with E-state index in [0.717, 1.165) is 63.1 Å². The van der Waals surface area contributed by atoms with Crippen LogP contribution >= 0.6 is 0 Å². The number of anilines is 2. The average molecular weight is 706 g/mol. The monoisotopic (exact) mass is 705 g/mol. The van der Waals surface area contributed by atoms with Crippen LogP contribution in [-0.2, 0) is 18.9 Å². The Morgan fingerprint density at radius 3 is 2.47 bits per heavy atom. The largest absolute Gasteiger partial charge is 0.487 e. The van der Waals surface area contributed by atoms with E-state index in [1.54, 1.807) is 25.6 Å². The van der Waals surface area contributed by atoms with Crippen LogP contribution in [0, 0.1) is 11.3 Å². The first-order chi connectivity index (χ1) is 25.1. The molecule has 5 rings (SSSR count). The van der Waals surface area contributed by atoms with Gasteiger partial charge >= 0.3 is 0 Å². The van der Waals surface area contributed by atoms with Crippen LogP contribution in [0.3, 0.4) is 0 Å². The molecule has 3 N–H and O–H groups in total. The minimum absolute atomic E-state index is 0.259. The molecular weight excluding hydrogens is 654 g/mol. The number of nitrogens with one attached hydrogen (secondary N) is 1. The van der Waals surface area contributed by atoms with Gasteiger partial charge in [0.15, 0.2) is 0 Å². The smallest absolute Gasteiger partial charge is 0.256 e. The third kappa shape index (κ3) is 11.6. The second-order valence-corrected chi connectivity index (χ2v) is 12.5. The van der Waals surface area contributed by atoms with Crippen LogP contribution in [0.4, 0.5) is 11.6 Å². The van der Waals surface area contributed by atoms with Crippen LogP contribution in [0.2, 0.25) is 0 Å². The molecule has 1 saturated heterocycles. The number of nitriles is 1. The van der Waals surface area contributed by atoms with Gasteiger partial charge in [0.25, 0.3) is 5.88 Å². The lowest BCUT2D eigenvalue weighted by molar-refractivity contribution is 0.00502. The highest BCUT2D eigenvalue weighted by Crippen LogP contribution is 2.35. The van der Waals surface area contributed by atoms with E-state index in [2.05, 4.69) is 31.2 Å². The molecular formula is C36H51N9O6. The molecule has 0 spiro atoms. The highest BCUT2D eigenvalue weighted by atomic mass is 16.5. The van der Waals surface area contributed by atoms with Crippen molar-refractivity contribution < 1.29 is 28.4 Å². The summed E-state index contributed by atoms with van der Waals surface area (Å²) >= 11 is 0. The van der Waals surface area contributed by atoms with E-state index in [-0.39, 0.29) is 12.1 Å². The third-order valence-corrected chi connectivity index (χ3v) is 8.91. The Hall–Kier alpha value is -4.33. The van der Waals surface area contributed by atoms with Gasteiger partial charge in [0.2, 0.25) is 5.95 Å². The summed E-state index contributed by atoms with van der Waals surface area (Å²) < 4.78 is 35.9. The van der Waals surface area contributed by atoms with Gasteiger partial charge in [-0.05, 0) is 50.3 Å². The fourth-order valence-corrected chi connectivity index (χ4v) is 6.20. The van der Waals surface area contributed by atoms with Crippen LogP contribution < -0.4 is 20.5 Å². The number of aliphatic imine (C=N–C) groups is 1. The summed E-state index contributed by atoms with van der Waals surface area (Å²) in [4.78, 5) is 15.8. The molecule has 2 fully saturated rings. The van der Waals surface area contributed by atoms with Crippen LogP contribution in [-0.4, -0.2) is 123 Å². The number of nitrogens with two attached hydrogens (primary N) is 1. The Labute approximate surface area is 300 Å².